The number of fused-ring (bicyclic) bond motifs is 8. The SMILES string of the molecule is O=c1[nH]cnc2c(Cn3c4cc(F)c5ccoc5c4c4c5cccnc5oc(=O)c43)csc12. The third-order valence-electron chi connectivity index (χ3n) is 5.90. The van der Waals surface area contributed by atoms with Gasteiger partial charge in [-0.05, 0) is 29.6 Å². The molecule has 0 saturated heterocycles. The van der Waals surface area contributed by atoms with E-state index < -0.39 is 11.4 Å². The first kappa shape index (κ1) is 18.3. The van der Waals surface area contributed by atoms with Gasteiger partial charge in [0.15, 0.2) is 0 Å². The molecule has 8 nitrogen and oxygen atoms in total. The van der Waals surface area contributed by atoms with Crippen molar-refractivity contribution in [2.45, 2.75) is 6.54 Å². The van der Waals surface area contributed by atoms with Gasteiger partial charge in [0, 0.05) is 22.5 Å². The maximum atomic E-state index is 15.0. The Hall–Kier alpha value is -4.31. The van der Waals surface area contributed by atoms with Gasteiger partial charge in [0.25, 0.3) is 5.56 Å². The fourth-order valence-corrected chi connectivity index (χ4v) is 5.44. The summed E-state index contributed by atoms with van der Waals surface area (Å²) < 4.78 is 28.4. The molecule has 0 bridgehead atoms. The minimum atomic E-state index is -0.599. The zero-order valence-corrected chi connectivity index (χ0v) is 17.4. The molecule has 0 aliphatic rings. The summed E-state index contributed by atoms with van der Waals surface area (Å²) in [5.41, 5.74) is 1.68. The second-order valence-corrected chi connectivity index (χ2v) is 8.52. The molecule has 0 aliphatic carbocycles. The standard InChI is InChI=1S/C23H11FN4O4S/c24-13-6-14-16(19-11(13)3-5-31-19)15-12-2-1-4-25-22(12)32-23(30)18(15)28(14)7-10-8-33-20-17(10)26-9-27-21(20)29/h1-6,8-9H,7H2,(H,26,27,29). The van der Waals surface area contributed by atoms with Gasteiger partial charge >= 0.3 is 5.63 Å². The van der Waals surface area contributed by atoms with Gasteiger partial charge < -0.3 is 18.4 Å². The van der Waals surface area contributed by atoms with Crippen LogP contribution in [0.3, 0.4) is 0 Å². The van der Waals surface area contributed by atoms with Crippen LogP contribution in [0, 0.1) is 5.82 Å². The lowest BCUT2D eigenvalue weighted by Gasteiger charge is -2.06. The Morgan fingerprint density at radius 2 is 2.06 bits per heavy atom. The Labute approximate surface area is 185 Å². The molecular formula is C23H11FN4O4S. The fraction of sp³-hybridized carbons (Fsp3) is 0.0435. The van der Waals surface area contributed by atoms with Gasteiger partial charge in [-0.25, -0.2) is 19.2 Å². The molecule has 7 aromatic rings. The van der Waals surface area contributed by atoms with Gasteiger partial charge in [-0.3, -0.25) is 4.79 Å². The normalized spacial score (nSPS) is 12.2. The number of furan rings is 1. The molecule has 0 spiro atoms. The van der Waals surface area contributed by atoms with Crippen LogP contribution in [0.2, 0.25) is 0 Å². The van der Waals surface area contributed by atoms with Gasteiger partial charge in [-0.1, -0.05) is 0 Å². The average molecular weight is 458 g/mol. The van der Waals surface area contributed by atoms with Crippen LogP contribution in [0.15, 0.2) is 66.9 Å². The smallest absolute Gasteiger partial charge is 0.362 e. The van der Waals surface area contributed by atoms with Crippen LogP contribution in [-0.2, 0) is 6.54 Å². The molecule has 7 rings (SSSR count). The first-order valence-corrected chi connectivity index (χ1v) is 10.8. The highest BCUT2D eigenvalue weighted by Crippen LogP contribution is 2.39. The molecule has 0 fully saturated rings. The molecule has 0 saturated carbocycles. The maximum Gasteiger partial charge on any atom is 0.362 e. The van der Waals surface area contributed by atoms with Crippen molar-refractivity contribution < 1.29 is 13.2 Å². The van der Waals surface area contributed by atoms with Gasteiger partial charge in [-0.15, -0.1) is 11.3 Å². The molecule has 1 N–H and O–H groups in total. The number of aromatic nitrogens is 4. The van der Waals surface area contributed by atoms with Crippen LogP contribution in [0.5, 0.6) is 0 Å². The Morgan fingerprint density at radius 1 is 1.15 bits per heavy atom. The Kier molecular flexibility index (Phi) is 3.52. The van der Waals surface area contributed by atoms with Crippen molar-refractivity contribution in [1.29, 1.82) is 0 Å². The fourth-order valence-electron chi connectivity index (χ4n) is 4.54. The van der Waals surface area contributed by atoms with Crippen molar-refractivity contribution in [1.82, 2.24) is 19.5 Å². The lowest BCUT2D eigenvalue weighted by atomic mass is 10.1. The number of halogens is 1. The molecule has 160 valence electrons. The number of pyridine rings is 1. The number of hydrogen-bond acceptors (Lipinski definition) is 7. The lowest BCUT2D eigenvalue weighted by Crippen LogP contribution is -2.09. The molecule has 10 heteroatoms. The quantitative estimate of drug-likeness (QED) is 0.408. The van der Waals surface area contributed by atoms with Gasteiger partial charge in [0.2, 0.25) is 5.71 Å². The van der Waals surface area contributed by atoms with Crippen molar-refractivity contribution in [3.63, 3.8) is 0 Å². The summed E-state index contributed by atoms with van der Waals surface area (Å²) in [6, 6.07) is 6.50. The van der Waals surface area contributed by atoms with E-state index in [1.165, 1.54) is 30.0 Å². The van der Waals surface area contributed by atoms with E-state index >= 15 is 4.39 Å². The van der Waals surface area contributed by atoms with Crippen molar-refractivity contribution in [2.75, 3.05) is 0 Å². The van der Waals surface area contributed by atoms with Gasteiger partial charge in [0.1, 0.15) is 21.6 Å². The first-order chi connectivity index (χ1) is 16.1. The highest BCUT2D eigenvalue weighted by atomic mass is 32.1. The van der Waals surface area contributed by atoms with Crippen molar-refractivity contribution >= 4 is 65.4 Å². The highest BCUT2D eigenvalue weighted by Gasteiger charge is 2.24. The van der Waals surface area contributed by atoms with Crippen LogP contribution in [0.25, 0.3) is 54.1 Å². The summed E-state index contributed by atoms with van der Waals surface area (Å²) in [5.74, 6) is -0.466. The van der Waals surface area contributed by atoms with E-state index in [0.29, 0.717) is 42.9 Å². The van der Waals surface area contributed by atoms with Crippen LogP contribution in [0.4, 0.5) is 4.39 Å². The van der Waals surface area contributed by atoms with E-state index in [4.69, 9.17) is 8.83 Å². The Balaban J connectivity index is 1.68. The third-order valence-corrected chi connectivity index (χ3v) is 6.92. The zero-order chi connectivity index (χ0) is 22.3. The number of H-pyrrole nitrogens is 1. The molecule has 33 heavy (non-hydrogen) atoms. The van der Waals surface area contributed by atoms with E-state index in [1.807, 2.05) is 5.38 Å². The lowest BCUT2D eigenvalue weighted by molar-refractivity contribution is 0.553. The monoisotopic (exact) mass is 458 g/mol. The average Bonchev–Trinajstić information content (AvgIpc) is 3.52. The summed E-state index contributed by atoms with van der Waals surface area (Å²) in [5, 5.41) is 3.93. The minimum absolute atomic E-state index is 0.179. The number of thiophene rings is 1. The molecule has 6 heterocycles. The predicted octanol–water partition coefficient (Wildman–Crippen LogP) is 4.53. The van der Waals surface area contributed by atoms with Crippen molar-refractivity contribution in [2.24, 2.45) is 0 Å². The number of hydrogen-bond donors (Lipinski definition) is 1. The maximum absolute atomic E-state index is 15.0. The van der Waals surface area contributed by atoms with E-state index in [1.54, 1.807) is 29.0 Å². The van der Waals surface area contributed by atoms with Gasteiger partial charge in [-0.2, -0.15) is 0 Å². The van der Waals surface area contributed by atoms with E-state index in [-0.39, 0.29) is 23.3 Å². The number of aromatic amines is 1. The summed E-state index contributed by atoms with van der Waals surface area (Å²) >= 11 is 1.26. The molecule has 0 amide bonds. The largest absolute Gasteiger partial charge is 0.463 e. The van der Waals surface area contributed by atoms with Crippen LogP contribution in [0.1, 0.15) is 5.56 Å². The molecule has 0 atom stereocenters. The summed E-state index contributed by atoms with van der Waals surface area (Å²) in [6.45, 7) is 0.179. The molecule has 0 aliphatic heterocycles. The van der Waals surface area contributed by atoms with Crippen molar-refractivity contribution in [3.8, 4) is 0 Å². The molecular weight excluding hydrogens is 447 g/mol. The summed E-state index contributed by atoms with van der Waals surface area (Å²) in [6.07, 6.45) is 4.30. The zero-order valence-electron chi connectivity index (χ0n) is 16.6. The molecule has 1 aromatic carbocycles. The molecule has 0 radical (unpaired) electrons. The minimum Gasteiger partial charge on any atom is -0.463 e. The summed E-state index contributed by atoms with van der Waals surface area (Å²) in [4.78, 5) is 36.4. The first-order valence-electron chi connectivity index (χ1n) is 9.95. The Morgan fingerprint density at radius 3 is 2.97 bits per heavy atom. The number of rotatable bonds is 2. The van der Waals surface area contributed by atoms with Crippen LogP contribution < -0.4 is 11.2 Å². The van der Waals surface area contributed by atoms with E-state index in [2.05, 4.69) is 15.0 Å². The Bertz CT molecular complexity index is 2030. The molecule has 6 aromatic heterocycles. The van der Waals surface area contributed by atoms with Gasteiger partial charge in [0.05, 0.1) is 40.9 Å². The third kappa shape index (κ3) is 2.38. The topological polar surface area (TPSA) is 107 Å². The highest BCUT2D eigenvalue weighted by molar-refractivity contribution is 7.17. The second-order valence-electron chi connectivity index (χ2n) is 7.64. The van der Waals surface area contributed by atoms with Crippen molar-refractivity contribution in [3.05, 3.63) is 80.6 Å². The predicted molar refractivity (Wildman–Crippen MR) is 122 cm³/mol. The van der Waals surface area contributed by atoms with Crippen LogP contribution >= 0.6 is 11.3 Å². The molecule has 0 unspecified atom stereocenters. The second kappa shape index (κ2) is 6.36. The van der Waals surface area contributed by atoms with E-state index in [9.17, 15) is 9.59 Å². The van der Waals surface area contributed by atoms with E-state index in [0.717, 1.165) is 5.56 Å². The summed E-state index contributed by atoms with van der Waals surface area (Å²) in [7, 11) is 0. The van der Waals surface area contributed by atoms with Crippen LogP contribution in [-0.4, -0.2) is 19.5 Å². The number of benzene rings is 1. The number of nitrogens with zero attached hydrogens (tertiary/aromatic N) is 3. The number of nitrogens with one attached hydrogen (secondary N) is 1.